The van der Waals surface area contributed by atoms with E-state index in [4.69, 9.17) is 14.2 Å². The highest BCUT2D eigenvalue weighted by molar-refractivity contribution is 5.53. The third-order valence-corrected chi connectivity index (χ3v) is 3.66. The van der Waals surface area contributed by atoms with E-state index in [0.29, 0.717) is 30.3 Å². The topological polar surface area (TPSA) is 39.7 Å². The number of halogens is 3. The molecule has 0 unspecified atom stereocenters. The maximum Gasteiger partial charge on any atom is 0.416 e. The van der Waals surface area contributed by atoms with Crippen molar-refractivity contribution in [3.63, 3.8) is 0 Å². The number of rotatable bonds is 7. The van der Waals surface area contributed by atoms with Gasteiger partial charge in [0.2, 0.25) is 5.75 Å². The van der Waals surface area contributed by atoms with Crippen LogP contribution in [-0.2, 0) is 19.3 Å². The molecule has 2 rings (SSSR count). The third-order valence-electron chi connectivity index (χ3n) is 3.66. The minimum Gasteiger partial charge on any atom is -0.493 e. The molecular weight excluding hydrogens is 335 g/mol. The molecule has 2 aromatic rings. The molecule has 0 radical (unpaired) electrons. The number of ether oxygens (including phenoxy) is 3. The van der Waals surface area contributed by atoms with Gasteiger partial charge in [0, 0.05) is 13.1 Å². The van der Waals surface area contributed by atoms with E-state index in [9.17, 15) is 13.2 Å². The molecule has 0 aromatic heterocycles. The second-order valence-electron chi connectivity index (χ2n) is 5.33. The summed E-state index contributed by atoms with van der Waals surface area (Å²) in [5, 5.41) is 3.18. The molecule has 0 aliphatic rings. The van der Waals surface area contributed by atoms with Gasteiger partial charge in [0.05, 0.1) is 26.9 Å². The lowest BCUT2D eigenvalue weighted by Gasteiger charge is -2.14. The van der Waals surface area contributed by atoms with Crippen molar-refractivity contribution in [2.75, 3.05) is 21.3 Å². The molecule has 0 atom stereocenters. The molecule has 0 aliphatic heterocycles. The first kappa shape index (κ1) is 18.9. The van der Waals surface area contributed by atoms with E-state index in [0.717, 1.165) is 23.3 Å². The van der Waals surface area contributed by atoms with Crippen molar-refractivity contribution in [1.82, 2.24) is 5.32 Å². The summed E-state index contributed by atoms with van der Waals surface area (Å²) < 4.78 is 53.5. The lowest BCUT2D eigenvalue weighted by Crippen LogP contribution is -2.13. The number of alkyl halides is 3. The van der Waals surface area contributed by atoms with Gasteiger partial charge >= 0.3 is 6.18 Å². The molecule has 0 saturated heterocycles. The quantitative estimate of drug-likeness (QED) is 0.814. The summed E-state index contributed by atoms with van der Waals surface area (Å²) in [6.45, 7) is 0.937. The summed E-state index contributed by atoms with van der Waals surface area (Å²) in [5.74, 6) is 1.61. The van der Waals surface area contributed by atoms with Crippen LogP contribution in [-0.4, -0.2) is 21.3 Å². The fraction of sp³-hybridized carbons (Fsp3) is 0.333. The molecule has 0 spiro atoms. The second-order valence-corrected chi connectivity index (χ2v) is 5.33. The van der Waals surface area contributed by atoms with E-state index in [2.05, 4.69) is 5.32 Å². The Bertz CT molecular complexity index is 675. The molecule has 0 aliphatic carbocycles. The van der Waals surface area contributed by atoms with Gasteiger partial charge in [-0.25, -0.2) is 0 Å². The molecular formula is C18H20F3NO3. The molecule has 0 amide bonds. The summed E-state index contributed by atoms with van der Waals surface area (Å²) in [7, 11) is 4.61. The monoisotopic (exact) mass is 355 g/mol. The van der Waals surface area contributed by atoms with Gasteiger partial charge in [-0.1, -0.05) is 12.1 Å². The maximum atomic E-state index is 12.5. The molecule has 0 fully saturated rings. The van der Waals surface area contributed by atoms with Crippen molar-refractivity contribution < 1.29 is 27.4 Å². The molecule has 136 valence electrons. The Hall–Kier alpha value is -2.41. The molecule has 2 aromatic carbocycles. The Morgan fingerprint density at radius 2 is 1.32 bits per heavy atom. The standard InChI is InChI=1S/C18H20F3NO3/c1-23-15-8-13(9-16(24-2)17(15)25-3)11-22-10-12-4-6-14(7-5-12)18(19,20)21/h4-9,22H,10-11H2,1-3H3. The van der Waals surface area contributed by atoms with E-state index >= 15 is 0 Å². The molecule has 0 heterocycles. The van der Waals surface area contributed by atoms with Crippen molar-refractivity contribution in [1.29, 1.82) is 0 Å². The van der Waals surface area contributed by atoms with Crippen molar-refractivity contribution in [2.45, 2.75) is 19.3 Å². The van der Waals surface area contributed by atoms with Gasteiger partial charge in [0.25, 0.3) is 0 Å². The van der Waals surface area contributed by atoms with E-state index in [1.165, 1.54) is 33.5 Å². The predicted octanol–water partition coefficient (Wildman–Crippen LogP) is 4.02. The SMILES string of the molecule is COc1cc(CNCc2ccc(C(F)(F)F)cc2)cc(OC)c1OC. The van der Waals surface area contributed by atoms with Gasteiger partial charge in [-0.15, -0.1) is 0 Å². The van der Waals surface area contributed by atoms with E-state index in [1.807, 2.05) is 12.1 Å². The fourth-order valence-corrected chi connectivity index (χ4v) is 2.40. The summed E-state index contributed by atoms with van der Waals surface area (Å²) in [6.07, 6.45) is -4.32. The Morgan fingerprint density at radius 3 is 1.76 bits per heavy atom. The van der Waals surface area contributed by atoms with Crippen LogP contribution in [0, 0.1) is 0 Å². The van der Waals surface area contributed by atoms with Crippen molar-refractivity contribution in [3.8, 4) is 17.2 Å². The first-order valence-corrected chi connectivity index (χ1v) is 7.54. The normalized spacial score (nSPS) is 11.3. The van der Waals surface area contributed by atoms with Crippen LogP contribution in [0.1, 0.15) is 16.7 Å². The Balaban J connectivity index is 2.02. The van der Waals surface area contributed by atoms with Crippen molar-refractivity contribution in [2.24, 2.45) is 0 Å². The van der Waals surface area contributed by atoms with E-state index in [1.54, 1.807) is 0 Å². The molecule has 4 nitrogen and oxygen atoms in total. The number of methoxy groups -OCH3 is 3. The third kappa shape index (κ3) is 4.79. The number of benzene rings is 2. The number of nitrogens with one attached hydrogen (secondary N) is 1. The second kappa shape index (κ2) is 8.11. The van der Waals surface area contributed by atoms with Crippen LogP contribution in [0.4, 0.5) is 13.2 Å². The summed E-state index contributed by atoms with van der Waals surface area (Å²) in [6, 6.07) is 8.73. The smallest absolute Gasteiger partial charge is 0.416 e. The van der Waals surface area contributed by atoms with Crippen LogP contribution in [0.25, 0.3) is 0 Å². The van der Waals surface area contributed by atoms with E-state index < -0.39 is 11.7 Å². The van der Waals surface area contributed by atoms with Gasteiger partial charge in [0.15, 0.2) is 11.5 Å². The van der Waals surface area contributed by atoms with Gasteiger partial charge in [-0.3, -0.25) is 0 Å². The highest BCUT2D eigenvalue weighted by Gasteiger charge is 2.29. The summed E-state index contributed by atoms with van der Waals surface area (Å²) >= 11 is 0. The van der Waals surface area contributed by atoms with Crippen molar-refractivity contribution >= 4 is 0 Å². The zero-order valence-corrected chi connectivity index (χ0v) is 14.2. The number of hydrogen-bond donors (Lipinski definition) is 1. The zero-order chi connectivity index (χ0) is 18.4. The minimum absolute atomic E-state index is 0.439. The van der Waals surface area contributed by atoms with Crippen LogP contribution in [0.5, 0.6) is 17.2 Å². The summed E-state index contributed by atoms with van der Waals surface area (Å²) in [4.78, 5) is 0. The van der Waals surface area contributed by atoms with Gasteiger partial charge in [-0.05, 0) is 35.4 Å². The first-order valence-electron chi connectivity index (χ1n) is 7.54. The van der Waals surface area contributed by atoms with E-state index in [-0.39, 0.29) is 0 Å². The van der Waals surface area contributed by atoms with Crippen molar-refractivity contribution in [3.05, 3.63) is 53.1 Å². The van der Waals surface area contributed by atoms with Crippen LogP contribution >= 0.6 is 0 Å². The van der Waals surface area contributed by atoms with Gasteiger partial charge in [-0.2, -0.15) is 13.2 Å². The van der Waals surface area contributed by atoms with Crippen LogP contribution in [0.3, 0.4) is 0 Å². The predicted molar refractivity (Wildman–Crippen MR) is 88.1 cm³/mol. The van der Waals surface area contributed by atoms with Crippen LogP contribution in [0.2, 0.25) is 0 Å². The summed E-state index contributed by atoms with van der Waals surface area (Å²) in [5.41, 5.74) is 1.02. The minimum atomic E-state index is -4.32. The largest absolute Gasteiger partial charge is 0.493 e. The molecule has 1 N–H and O–H groups in total. The van der Waals surface area contributed by atoms with Gasteiger partial charge < -0.3 is 19.5 Å². The highest BCUT2D eigenvalue weighted by Crippen LogP contribution is 2.38. The Morgan fingerprint density at radius 1 is 0.800 bits per heavy atom. The average Bonchev–Trinajstić information content (AvgIpc) is 2.60. The number of hydrogen-bond acceptors (Lipinski definition) is 4. The maximum absolute atomic E-state index is 12.5. The Kier molecular flexibility index (Phi) is 6.14. The molecule has 0 bridgehead atoms. The zero-order valence-electron chi connectivity index (χ0n) is 14.2. The molecule has 7 heteroatoms. The highest BCUT2D eigenvalue weighted by atomic mass is 19.4. The first-order chi connectivity index (χ1) is 11.9. The van der Waals surface area contributed by atoms with Crippen LogP contribution < -0.4 is 19.5 Å². The fourth-order valence-electron chi connectivity index (χ4n) is 2.40. The van der Waals surface area contributed by atoms with Gasteiger partial charge in [0.1, 0.15) is 0 Å². The molecule has 0 saturated carbocycles. The van der Waals surface area contributed by atoms with Crippen LogP contribution in [0.15, 0.2) is 36.4 Å². The lowest BCUT2D eigenvalue weighted by atomic mass is 10.1. The lowest BCUT2D eigenvalue weighted by molar-refractivity contribution is -0.137. The molecule has 25 heavy (non-hydrogen) atoms. The average molecular weight is 355 g/mol. The Labute approximate surface area is 144 Å².